The number of methoxy groups -OCH3 is 1. The van der Waals surface area contributed by atoms with Crippen molar-refractivity contribution in [2.24, 2.45) is 5.16 Å². The SMILES string of the molecule is COc1c(OCc2ccccc2)ccc2c1C/C(=N\O)C2=O. The third kappa shape index (κ3) is 2.41. The van der Waals surface area contributed by atoms with Gasteiger partial charge in [0, 0.05) is 17.5 Å². The number of benzene rings is 2. The molecule has 2 aromatic carbocycles. The van der Waals surface area contributed by atoms with Gasteiger partial charge in [0.15, 0.2) is 11.5 Å². The molecule has 5 nitrogen and oxygen atoms in total. The molecule has 0 heterocycles. The van der Waals surface area contributed by atoms with Crippen LogP contribution >= 0.6 is 0 Å². The second kappa shape index (κ2) is 5.89. The summed E-state index contributed by atoms with van der Waals surface area (Å²) in [6.45, 7) is 0.408. The molecule has 5 heteroatoms. The first-order valence-electron chi connectivity index (χ1n) is 6.86. The summed E-state index contributed by atoms with van der Waals surface area (Å²) in [5, 5.41) is 11.9. The third-order valence-electron chi connectivity index (χ3n) is 3.64. The Morgan fingerprint density at radius 1 is 1.18 bits per heavy atom. The van der Waals surface area contributed by atoms with Gasteiger partial charge >= 0.3 is 0 Å². The van der Waals surface area contributed by atoms with Gasteiger partial charge in [0.25, 0.3) is 0 Å². The van der Waals surface area contributed by atoms with Gasteiger partial charge in [0.05, 0.1) is 7.11 Å². The van der Waals surface area contributed by atoms with Crippen LogP contribution in [0, 0.1) is 0 Å². The van der Waals surface area contributed by atoms with Gasteiger partial charge in [-0.2, -0.15) is 0 Å². The highest BCUT2D eigenvalue weighted by Gasteiger charge is 2.31. The van der Waals surface area contributed by atoms with E-state index < -0.39 is 0 Å². The molecule has 0 saturated carbocycles. The van der Waals surface area contributed by atoms with E-state index in [9.17, 15) is 4.79 Å². The molecule has 0 atom stereocenters. The van der Waals surface area contributed by atoms with Crippen LogP contribution in [-0.2, 0) is 13.0 Å². The number of ketones is 1. The van der Waals surface area contributed by atoms with Crippen molar-refractivity contribution >= 4 is 11.5 Å². The summed E-state index contributed by atoms with van der Waals surface area (Å²) in [4.78, 5) is 12.0. The predicted octanol–water partition coefficient (Wildman–Crippen LogP) is 2.84. The molecule has 1 aliphatic carbocycles. The monoisotopic (exact) mass is 297 g/mol. The van der Waals surface area contributed by atoms with Gasteiger partial charge in [0.1, 0.15) is 12.3 Å². The van der Waals surface area contributed by atoms with Gasteiger partial charge < -0.3 is 14.7 Å². The fourth-order valence-electron chi connectivity index (χ4n) is 2.55. The van der Waals surface area contributed by atoms with Crippen LogP contribution in [0.1, 0.15) is 21.5 Å². The first kappa shape index (κ1) is 14.1. The van der Waals surface area contributed by atoms with Gasteiger partial charge in [-0.1, -0.05) is 35.5 Å². The molecule has 1 aliphatic rings. The topological polar surface area (TPSA) is 68.1 Å². The van der Waals surface area contributed by atoms with E-state index in [0.717, 1.165) is 5.56 Å². The lowest BCUT2D eigenvalue weighted by Gasteiger charge is -2.13. The quantitative estimate of drug-likeness (QED) is 0.696. The molecule has 0 fully saturated rings. The maximum absolute atomic E-state index is 12.0. The fraction of sp³-hybridized carbons (Fsp3) is 0.176. The summed E-state index contributed by atoms with van der Waals surface area (Å²) in [7, 11) is 1.53. The summed E-state index contributed by atoms with van der Waals surface area (Å²) in [5.41, 5.74) is 2.36. The zero-order chi connectivity index (χ0) is 15.5. The molecule has 0 saturated heterocycles. The summed E-state index contributed by atoms with van der Waals surface area (Å²) >= 11 is 0. The van der Waals surface area contributed by atoms with Gasteiger partial charge in [-0.3, -0.25) is 4.79 Å². The summed E-state index contributed by atoms with van der Waals surface area (Å²) < 4.78 is 11.2. The maximum atomic E-state index is 12.0. The Bertz CT molecular complexity index is 738. The van der Waals surface area contributed by atoms with Gasteiger partial charge in [-0.05, 0) is 17.7 Å². The molecule has 0 radical (unpaired) electrons. The van der Waals surface area contributed by atoms with E-state index in [1.54, 1.807) is 12.1 Å². The molecule has 112 valence electrons. The Kier molecular flexibility index (Phi) is 3.78. The number of oxime groups is 1. The van der Waals surface area contributed by atoms with Crippen LogP contribution < -0.4 is 9.47 Å². The lowest BCUT2D eigenvalue weighted by molar-refractivity contribution is 0.106. The molecular formula is C17H15NO4. The van der Waals surface area contributed by atoms with Crippen molar-refractivity contribution in [2.75, 3.05) is 7.11 Å². The average Bonchev–Trinajstić information content (AvgIpc) is 2.89. The van der Waals surface area contributed by atoms with Crippen molar-refractivity contribution < 1.29 is 19.5 Å². The zero-order valence-electron chi connectivity index (χ0n) is 12.1. The lowest BCUT2D eigenvalue weighted by atomic mass is 10.1. The number of nitrogens with zero attached hydrogens (tertiary/aromatic N) is 1. The third-order valence-corrected chi connectivity index (χ3v) is 3.64. The van der Waals surface area contributed by atoms with Gasteiger partial charge in [-0.25, -0.2) is 0 Å². The Balaban J connectivity index is 1.90. The number of Topliss-reactive ketones (excluding diaryl/α,β-unsaturated/α-hetero) is 1. The molecule has 1 N–H and O–H groups in total. The molecule has 0 unspecified atom stereocenters. The van der Waals surface area contributed by atoms with Crippen molar-refractivity contribution in [1.82, 2.24) is 0 Å². The number of carbonyl (C=O) groups is 1. The lowest BCUT2D eigenvalue weighted by Crippen LogP contribution is -2.06. The highest BCUT2D eigenvalue weighted by Crippen LogP contribution is 2.38. The molecule has 0 aliphatic heterocycles. The standard InChI is InChI=1S/C17H15NO4/c1-21-17-13-9-14(18-20)16(19)12(13)7-8-15(17)22-10-11-5-3-2-4-6-11/h2-8,20H,9-10H2,1H3/b18-14+. The van der Waals surface area contributed by atoms with Crippen molar-refractivity contribution in [3.05, 3.63) is 59.2 Å². The van der Waals surface area contributed by atoms with Crippen molar-refractivity contribution in [3.8, 4) is 11.5 Å². The largest absolute Gasteiger partial charge is 0.493 e. The second-order valence-electron chi connectivity index (χ2n) is 4.95. The summed E-state index contributed by atoms with van der Waals surface area (Å²) in [6, 6.07) is 13.2. The first-order valence-corrected chi connectivity index (χ1v) is 6.86. The fourth-order valence-corrected chi connectivity index (χ4v) is 2.55. The molecule has 3 rings (SSSR count). The Morgan fingerprint density at radius 2 is 1.95 bits per heavy atom. The predicted molar refractivity (Wildman–Crippen MR) is 81.0 cm³/mol. The Hall–Kier alpha value is -2.82. The van der Waals surface area contributed by atoms with Crippen LogP contribution in [0.3, 0.4) is 0 Å². The molecule has 0 aromatic heterocycles. The molecular weight excluding hydrogens is 282 g/mol. The van der Waals surface area contributed by atoms with E-state index in [1.807, 2.05) is 30.3 Å². The van der Waals surface area contributed by atoms with Crippen molar-refractivity contribution in [1.29, 1.82) is 0 Å². The minimum absolute atomic E-state index is 0.119. The molecule has 22 heavy (non-hydrogen) atoms. The van der Waals surface area contributed by atoms with Gasteiger partial charge in [-0.15, -0.1) is 0 Å². The van der Waals surface area contributed by atoms with Crippen LogP contribution in [0.5, 0.6) is 11.5 Å². The molecule has 0 amide bonds. The number of fused-ring (bicyclic) bond motifs is 1. The van der Waals surface area contributed by atoms with E-state index in [4.69, 9.17) is 14.7 Å². The first-order chi connectivity index (χ1) is 10.7. The maximum Gasteiger partial charge on any atom is 0.211 e. The average molecular weight is 297 g/mol. The Morgan fingerprint density at radius 3 is 2.64 bits per heavy atom. The summed E-state index contributed by atoms with van der Waals surface area (Å²) in [6.07, 6.45) is 0.246. The Labute approximate surface area is 127 Å². The molecule has 0 bridgehead atoms. The normalized spacial score (nSPS) is 15.0. The highest BCUT2D eigenvalue weighted by atomic mass is 16.5. The number of hydrogen-bond donors (Lipinski definition) is 1. The van der Waals surface area contributed by atoms with E-state index in [2.05, 4.69) is 5.16 Å². The van der Waals surface area contributed by atoms with Crippen LogP contribution in [0.25, 0.3) is 0 Å². The van der Waals surface area contributed by atoms with E-state index in [0.29, 0.717) is 29.2 Å². The number of ether oxygens (including phenoxy) is 2. The summed E-state index contributed by atoms with van der Waals surface area (Å²) in [5.74, 6) is 0.808. The van der Waals surface area contributed by atoms with Crippen molar-refractivity contribution in [2.45, 2.75) is 13.0 Å². The van der Waals surface area contributed by atoms with Gasteiger partial charge in [0.2, 0.25) is 5.78 Å². The molecule has 0 spiro atoms. The minimum Gasteiger partial charge on any atom is -0.493 e. The number of carbonyl (C=O) groups excluding carboxylic acids is 1. The molecule has 2 aromatic rings. The van der Waals surface area contributed by atoms with Crippen LogP contribution in [0.15, 0.2) is 47.6 Å². The van der Waals surface area contributed by atoms with Crippen LogP contribution in [0.4, 0.5) is 0 Å². The minimum atomic E-state index is -0.273. The zero-order valence-corrected chi connectivity index (χ0v) is 12.1. The highest BCUT2D eigenvalue weighted by molar-refractivity contribution is 6.49. The number of rotatable bonds is 4. The van der Waals surface area contributed by atoms with E-state index in [-0.39, 0.29) is 17.9 Å². The second-order valence-corrected chi connectivity index (χ2v) is 4.95. The van der Waals surface area contributed by atoms with Crippen LogP contribution in [-0.4, -0.2) is 23.8 Å². The smallest absolute Gasteiger partial charge is 0.211 e. The van der Waals surface area contributed by atoms with Crippen molar-refractivity contribution in [3.63, 3.8) is 0 Å². The van der Waals surface area contributed by atoms with E-state index in [1.165, 1.54) is 7.11 Å². The van der Waals surface area contributed by atoms with Crippen LogP contribution in [0.2, 0.25) is 0 Å². The number of hydrogen-bond acceptors (Lipinski definition) is 5. The van der Waals surface area contributed by atoms with E-state index >= 15 is 0 Å².